The minimum Gasteiger partial charge on any atom is -0.508 e. The molecule has 154 valence electrons. The molecule has 2 rings (SSSR count). The van der Waals surface area contributed by atoms with Crippen molar-refractivity contribution in [2.24, 2.45) is 0 Å². The summed E-state index contributed by atoms with van der Waals surface area (Å²) in [6.45, 7) is 0. The topological polar surface area (TPSA) is 105 Å². The number of halogens is 1. The highest BCUT2D eigenvalue weighted by molar-refractivity contribution is 14.1. The highest BCUT2D eigenvalue weighted by Gasteiger charge is 2.28. The molecule has 0 fully saturated rings. The average molecular weight is 529 g/mol. The van der Waals surface area contributed by atoms with Gasteiger partial charge in [-0.05, 0) is 77.4 Å². The number of benzene rings is 2. The van der Waals surface area contributed by atoms with Gasteiger partial charge in [-0.2, -0.15) is 0 Å². The summed E-state index contributed by atoms with van der Waals surface area (Å²) in [5, 5.41) is 21.8. The van der Waals surface area contributed by atoms with E-state index in [0.717, 1.165) is 14.5 Å². The summed E-state index contributed by atoms with van der Waals surface area (Å²) in [6.07, 6.45) is 1.33. The Morgan fingerprint density at radius 1 is 1.21 bits per heavy atom. The van der Waals surface area contributed by atoms with Gasteiger partial charge in [0.05, 0.1) is 0 Å². The highest BCUT2D eigenvalue weighted by atomic mass is 127. The molecule has 0 heterocycles. The molecule has 9 heteroatoms. The lowest BCUT2D eigenvalue weighted by Crippen LogP contribution is -2.27. The van der Waals surface area contributed by atoms with Gasteiger partial charge in [0, 0.05) is 32.9 Å². The quantitative estimate of drug-likeness (QED) is 0.260. The number of rotatable bonds is 8. The molecule has 0 aliphatic rings. The molecular formula is C20H20INO6S. The molecule has 7 nitrogen and oxygen atoms in total. The minimum absolute atomic E-state index is 0.0988. The third kappa shape index (κ3) is 6.94. The van der Waals surface area contributed by atoms with Crippen molar-refractivity contribution in [3.63, 3.8) is 0 Å². The van der Waals surface area contributed by atoms with Crippen LogP contribution in [0.2, 0.25) is 0 Å². The van der Waals surface area contributed by atoms with Crippen LogP contribution in [0.5, 0.6) is 5.75 Å². The van der Waals surface area contributed by atoms with Gasteiger partial charge in [0.15, 0.2) is 6.10 Å². The van der Waals surface area contributed by atoms with Gasteiger partial charge in [-0.15, -0.1) is 11.8 Å². The number of methoxy groups -OCH3 is 1. The number of phenols is 1. The Balaban J connectivity index is 2.29. The number of phenolic OH excluding ortho intramolecular Hbond substituents is 1. The van der Waals surface area contributed by atoms with Crippen LogP contribution in [0.15, 0.2) is 59.5 Å². The highest BCUT2D eigenvalue weighted by Crippen LogP contribution is 2.33. The molecule has 0 spiro atoms. The first kappa shape index (κ1) is 23.0. The largest absolute Gasteiger partial charge is 0.508 e. The number of thioether (sulfide) groups is 1. The number of hydrogen-bond donors (Lipinski definition) is 3. The number of aromatic hydroxyl groups is 1. The van der Waals surface area contributed by atoms with E-state index in [1.807, 2.05) is 18.4 Å². The van der Waals surface area contributed by atoms with E-state index in [2.05, 4.69) is 27.9 Å². The van der Waals surface area contributed by atoms with Crippen molar-refractivity contribution in [1.82, 2.24) is 0 Å². The van der Waals surface area contributed by atoms with E-state index < -0.39 is 24.3 Å². The first-order chi connectivity index (χ1) is 13.8. The van der Waals surface area contributed by atoms with E-state index in [0.29, 0.717) is 11.3 Å². The van der Waals surface area contributed by atoms with E-state index in [-0.39, 0.29) is 5.75 Å². The number of carboxylic acids is 1. The molecule has 0 saturated heterocycles. The second kappa shape index (κ2) is 11.1. The Kier molecular flexibility index (Phi) is 8.80. The van der Waals surface area contributed by atoms with E-state index in [1.165, 1.54) is 19.3 Å². The van der Waals surface area contributed by atoms with Crippen molar-refractivity contribution in [3.05, 3.63) is 63.8 Å². The van der Waals surface area contributed by atoms with E-state index in [9.17, 15) is 14.7 Å². The first-order valence-electron chi connectivity index (χ1n) is 8.38. The van der Waals surface area contributed by atoms with Crippen LogP contribution in [-0.2, 0) is 14.3 Å². The van der Waals surface area contributed by atoms with Crippen LogP contribution in [0.3, 0.4) is 0 Å². The molecule has 1 amide bonds. The first-order valence-corrected chi connectivity index (χ1v) is 10.7. The third-order valence-electron chi connectivity index (χ3n) is 3.87. The molecule has 0 aromatic heterocycles. The lowest BCUT2D eigenvalue weighted by molar-refractivity contribution is -0.131. The number of carbonyl (C=O) groups excluding carboxylic acids is 1. The monoisotopic (exact) mass is 529 g/mol. The van der Waals surface area contributed by atoms with Crippen LogP contribution >= 0.6 is 34.4 Å². The molecule has 0 bridgehead atoms. The number of carbonyl (C=O) groups is 2. The Morgan fingerprint density at radius 3 is 2.48 bits per heavy atom. The molecule has 0 radical (unpaired) electrons. The Labute approximate surface area is 186 Å². The van der Waals surface area contributed by atoms with Crippen molar-refractivity contribution in [3.8, 4) is 5.75 Å². The maximum Gasteiger partial charge on any atom is 0.412 e. The molecule has 2 aromatic rings. The van der Waals surface area contributed by atoms with Crippen molar-refractivity contribution >= 4 is 52.1 Å². The number of ether oxygens (including phenoxy) is 2. The van der Waals surface area contributed by atoms with Gasteiger partial charge in [-0.1, -0.05) is 0 Å². The number of carboxylic acid groups (broad SMARTS) is 1. The molecule has 3 N–H and O–H groups in total. The number of hydrogen-bond acceptors (Lipinski definition) is 6. The van der Waals surface area contributed by atoms with E-state index in [4.69, 9.17) is 14.6 Å². The van der Waals surface area contributed by atoms with Crippen LogP contribution in [0.1, 0.15) is 11.7 Å². The van der Waals surface area contributed by atoms with Gasteiger partial charge >= 0.3 is 12.1 Å². The Morgan fingerprint density at radius 2 is 1.90 bits per heavy atom. The number of anilines is 1. The predicted molar refractivity (Wildman–Crippen MR) is 119 cm³/mol. The second-order valence-corrected chi connectivity index (χ2v) is 7.91. The zero-order chi connectivity index (χ0) is 21.4. The Hall–Kier alpha value is -2.24. The van der Waals surface area contributed by atoms with Crippen LogP contribution in [-0.4, -0.2) is 41.7 Å². The maximum atomic E-state index is 12.5. The lowest BCUT2D eigenvalue weighted by atomic mass is 10.0. The van der Waals surface area contributed by atoms with Gasteiger partial charge < -0.3 is 19.7 Å². The zero-order valence-electron chi connectivity index (χ0n) is 15.7. The molecule has 0 aliphatic heterocycles. The van der Waals surface area contributed by atoms with Gasteiger partial charge in [-0.3, -0.25) is 5.32 Å². The number of amides is 1. The van der Waals surface area contributed by atoms with Crippen LogP contribution in [0.4, 0.5) is 10.5 Å². The minimum atomic E-state index is -1.17. The van der Waals surface area contributed by atoms with Crippen molar-refractivity contribution < 1.29 is 29.3 Å². The molecular weight excluding hydrogens is 509 g/mol. The van der Waals surface area contributed by atoms with Gasteiger partial charge in [-0.25, -0.2) is 9.59 Å². The fourth-order valence-corrected chi connectivity index (χ4v) is 3.40. The van der Waals surface area contributed by atoms with Gasteiger partial charge in [0.2, 0.25) is 0 Å². The molecule has 2 aromatic carbocycles. The standard InChI is InChI=1S/C20H20INO6S/c1-27-17(9-10-18(24)25)19(15-11-12(21)3-8-16(15)23)28-20(26)22-13-4-6-14(29-2)7-5-13/h3-11,17,19,23H,1-2H3,(H,22,26)(H,24,25)/b10-9+/t17-,19-/m0/s1. The van der Waals surface area contributed by atoms with Crippen molar-refractivity contribution in [2.75, 3.05) is 18.7 Å². The number of nitrogens with one attached hydrogen (secondary N) is 1. The van der Waals surface area contributed by atoms with Crippen molar-refractivity contribution in [2.45, 2.75) is 17.1 Å². The summed E-state index contributed by atoms with van der Waals surface area (Å²) < 4.78 is 11.7. The molecule has 29 heavy (non-hydrogen) atoms. The molecule has 0 aliphatic carbocycles. The SMILES string of the molecule is CO[C@@H](/C=C/C(=O)O)[C@@H](OC(=O)Nc1ccc(SC)cc1)c1cc(I)ccc1O. The Bertz CT molecular complexity index is 887. The third-order valence-corrected chi connectivity index (χ3v) is 5.28. The number of aliphatic carboxylic acids is 1. The normalized spacial score (nSPS) is 13.1. The summed E-state index contributed by atoms with van der Waals surface area (Å²) in [7, 11) is 1.36. The summed E-state index contributed by atoms with van der Waals surface area (Å²) in [6, 6.07) is 12.0. The van der Waals surface area contributed by atoms with E-state index >= 15 is 0 Å². The molecule has 0 saturated carbocycles. The average Bonchev–Trinajstić information content (AvgIpc) is 2.69. The summed E-state index contributed by atoms with van der Waals surface area (Å²) in [5.74, 6) is -1.27. The summed E-state index contributed by atoms with van der Waals surface area (Å²) in [5.41, 5.74) is 0.833. The van der Waals surface area contributed by atoms with Crippen LogP contribution < -0.4 is 5.32 Å². The van der Waals surface area contributed by atoms with Crippen molar-refractivity contribution in [1.29, 1.82) is 0 Å². The molecule has 2 atom stereocenters. The lowest BCUT2D eigenvalue weighted by Gasteiger charge is -2.25. The van der Waals surface area contributed by atoms with Crippen LogP contribution in [0.25, 0.3) is 0 Å². The summed E-state index contributed by atoms with van der Waals surface area (Å²) in [4.78, 5) is 24.4. The van der Waals surface area contributed by atoms with E-state index in [1.54, 1.807) is 36.0 Å². The smallest absolute Gasteiger partial charge is 0.412 e. The fourth-order valence-electron chi connectivity index (χ4n) is 2.48. The fraction of sp³-hybridized carbons (Fsp3) is 0.200. The zero-order valence-corrected chi connectivity index (χ0v) is 18.6. The van der Waals surface area contributed by atoms with Gasteiger partial charge in [0.1, 0.15) is 11.9 Å². The maximum absolute atomic E-state index is 12.5. The van der Waals surface area contributed by atoms with Gasteiger partial charge in [0.25, 0.3) is 0 Å². The van der Waals surface area contributed by atoms with Crippen LogP contribution in [0, 0.1) is 3.57 Å². The summed E-state index contributed by atoms with van der Waals surface area (Å²) >= 11 is 3.64. The second-order valence-electron chi connectivity index (χ2n) is 5.78. The molecule has 0 unspecified atom stereocenters. The predicted octanol–water partition coefficient (Wildman–Crippen LogP) is 4.66.